The van der Waals surface area contributed by atoms with Gasteiger partial charge in [0.15, 0.2) is 0 Å². The van der Waals surface area contributed by atoms with Crippen molar-refractivity contribution in [2.45, 2.75) is 13.8 Å². The zero-order valence-electron chi connectivity index (χ0n) is 5.13. The Kier molecular flexibility index (Phi) is 7.15. The van der Waals surface area contributed by atoms with E-state index < -0.39 is 6.07 Å². The molecule has 2 nitrogen and oxygen atoms in total. The molecule has 0 aliphatic rings. The Bertz CT molecular complexity index is 47.3. The molecule has 0 atom stereocenters. The summed E-state index contributed by atoms with van der Waals surface area (Å²) in [5.74, 6) is 0. The molecule has 0 aliphatic carbocycles. The van der Waals surface area contributed by atoms with Gasteiger partial charge in [-0.15, -0.1) is 0 Å². The SMILES string of the molecule is CCOP([TeH])OCC. The third kappa shape index (κ3) is 5.28. The molecule has 0 radical (unpaired) electrons. The van der Waals surface area contributed by atoms with E-state index in [1.54, 1.807) is 21.7 Å². The van der Waals surface area contributed by atoms with E-state index in [0.717, 1.165) is 13.2 Å². The van der Waals surface area contributed by atoms with Crippen LogP contribution < -0.4 is 0 Å². The maximum absolute atomic E-state index is 5.15. The summed E-state index contributed by atoms with van der Waals surface area (Å²) >= 11 is 1.63. The molecule has 0 N–H and O–H groups in total. The summed E-state index contributed by atoms with van der Waals surface area (Å²) in [6.45, 7) is 5.49. The minimum absolute atomic E-state index is 0.531. The molecular weight excluding hydrogens is 239 g/mol. The molecule has 0 saturated carbocycles. The average molecular weight is 250 g/mol. The molecular formula is C4H11O2PTe. The molecule has 0 aliphatic heterocycles. The number of hydrogen-bond donors (Lipinski definition) is 0. The van der Waals surface area contributed by atoms with E-state index in [2.05, 4.69) is 0 Å². The normalized spacial score (nSPS) is 10.5. The van der Waals surface area contributed by atoms with Crippen LogP contribution >= 0.6 is 6.07 Å². The molecule has 0 aromatic rings. The van der Waals surface area contributed by atoms with Gasteiger partial charge in [-0.2, -0.15) is 0 Å². The Morgan fingerprint density at radius 2 is 1.62 bits per heavy atom. The van der Waals surface area contributed by atoms with Crippen LogP contribution in [0, 0.1) is 0 Å². The van der Waals surface area contributed by atoms with Crippen LogP contribution in [-0.2, 0) is 9.05 Å². The predicted molar refractivity (Wildman–Crippen MR) is 37.3 cm³/mol. The van der Waals surface area contributed by atoms with Crippen LogP contribution in [0.15, 0.2) is 0 Å². The summed E-state index contributed by atoms with van der Waals surface area (Å²) in [7, 11) is 0. The van der Waals surface area contributed by atoms with Crippen LogP contribution in [0.5, 0.6) is 0 Å². The van der Waals surface area contributed by atoms with E-state index in [4.69, 9.17) is 9.05 Å². The van der Waals surface area contributed by atoms with Gasteiger partial charge in [0.05, 0.1) is 0 Å². The first kappa shape index (κ1) is 9.14. The molecule has 4 heteroatoms. The zero-order chi connectivity index (χ0) is 6.41. The first-order chi connectivity index (χ1) is 3.81. The van der Waals surface area contributed by atoms with Gasteiger partial charge in [0.25, 0.3) is 0 Å². The molecule has 0 aromatic carbocycles. The minimum atomic E-state index is -0.531. The first-order valence-corrected chi connectivity index (χ1v) is 7.11. The van der Waals surface area contributed by atoms with Crippen molar-refractivity contribution in [1.82, 2.24) is 0 Å². The molecule has 0 spiro atoms. The van der Waals surface area contributed by atoms with E-state index in [1.807, 2.05) is 13.8 Å². The third-order valence-corrected chi connectivity index (χ3v) is 3.41. The van der Waals surface area contributed by atoms with Crippen LogP contribution in [0.25, 0.3) is 0 Å². The molecule has 0 rings (SSSR count). The van der Waals surface area contributed by atoms with E-state index in [-0.39, 0.29) is 0 Å². The Hall–Kier alpha value is 1.14. The number of hydrogen-bond acceptors (Lipinski definition) is 2. The molecule has 0 aromatic heterocycles. The van der Waals surface area contributed by atoms with Gasteiger partial charge in [0, 0.05) is 0 Å². The molecule has 0 unspecified atom stereocenters. The quantitative estimate of drug-likeness (QED) is 0.550. The van der Waals surface area contributed by atoms with Crippen molar-refractivity contribution in [2.24, 2.45) is 0 Å². The van der Waals surface area contributed by atoms with Gasteiger partial charge in [-0.05, 0) is 0 Å². The zero-order valence-corrected chi connectivity index (χ0v) is 8.57. The Balaban J connectivity index is 2.92. The summed E-state index contributed by atoms with van der Waals surface area (Å²) < 4.78 is 10.3. The summed E-state index contributed by atoms with van der Waals surface area (Å²) in [6.07, 6.45) is 0. The monoisotopic (exact) mass is 252 g/mol. The van der Waals surface area contributed by atoms with Crippen LogP contribution in [-0.4, -0.2) is 35.0 Å². The maximum atomic E-state index is 5.15. The van der Waals surface area contributed by atoms with Crippen molar-refractivity contribution in [1.29, 1.82) is 0 Å². The summed E-state index contributed by atoms with van der Waals surface area (Å²) in [5, 5.41) is 0. The second-order valence-corrected chi connectivity index (χ2v) is 4.86. The third-order valence-electron chi connectivity index (χ3n) is 0.479. The van der Waals surface area contributed by atoms with Gasteiger partial charge >= 0.3 is 63.9 Å². The first-order valence-electron chi connectivity index (χ1n) is 2.56. The second-order valence-electron chi connectivity index (χ2n) is 1.07. The van der Waals surface area contributed by atoms with E-state index in [0.29, 0.717) is 0 Å². The van der Waals surface area contributed by atoms with Gasteiger partial charge in [0.1, 0.15) is 0 Å². The van der Waals surface area contributed by atoms with Crippen molar-refractivity contribution in [2.75, 3.05) is 13.2 Å². The van der Waals surface area contributed by atoms with Crippen molar-refractivity contribution < 1.29 is 9.05 Å². The standard InChI is InChI=1S/C4H11O2PTe/c1-3-5-7(8)6-4-2/h8H,3-4H2,1-2H3. The van der Waals surface area contributed by atoms with Crippen LogP contribution in [0.2, 0.25) is 0 Å². The predicted octanol–water partition coefficient (Wildman–Crippen LogP) is 1.19. The number of rotatable bonds is 4. The molecule has 0 heterocycles. The van der Waals surface area contributed by atoms with Gasteiger partial charge in [-0.1, -0.05) is 0 Å². The van der Waals surface area contributed by atoms with Gasteiger partial charge < -0.3 is 0 Å². The molecule has 50 valence electrons. The van der Waals surface area contributed by atoms with Crippen LogP contribution in [0.3, 0.4) is 0 Å². The van der Waals surface area contributed by atoms with Gasteiger partial charge in [-0.3, -0.25) is 0 Å². The van der Waals surface area contributed by atoms with E-state index in [1.165, 1.54) is 0 Å². The van der Waals surface area contributed by atoms with Crippen LogP contribution in [0.4, 0.5) is 0 Å². The van der Waals surface area contributed by atoms with E-state index >= 15 is 0 Å². The summed E-state index contributed by atoms with van der Waals surface area (Å²) in [4.78, 5) is 0. The summed E-state index contributed by atoms with van der Waals surface area (Å²) in [5.41, 5.74) is 0. The Labute approximate surface area is 64.1 Å². The van der Waals surface area contributed by atoms with Crippen LogP contribution in [0.1, 0.15) is 13.8 Å². The van der Waals surface area contributed by atoms with Crippen molar-refractivity contribution in [3.63, 3.8) is 0 Å². The fraction of sp³-hybridized carbons (Fsp3) is 1.00. The van der Waals surface area contributed by atoms with Crippen molar-refractivity contribution >= 4 is 27.8 Å². The molecule has 0 amide bonds. The Morgan fingerprint density at radius 3 is 1.88 bits per heavy atom. The van der Waals surface area contributed by atoms with Crippen molar-refractivity contribution in [3.05, 3.63) is 0 Å². The fourth-order valence-corrected chi connectivity index (χ4v) is 2.75. The fourth-order valence-electron chi connectivity index (χ4n) is 0.258. The topological polar surface area (TPSA) is 18.5 Å². The molecule has 0 saturated heterocycles. The average Bonchev–Trinajstić information content (AvgIpc) is 1.68. The molecule has 8 heavy (non-hydrogen) atoms. The molecule has 0 fully saturated rings. The molecule has 0 bridgehead atoms. The van der Waals surface area contributed by atoms with Crippen molar-refractivity contribution in [3.8, 4) is 0 Å². The van der Waals surface area contributed by atoms with Gasteiger partial charge in [0.2, 0.25) is 0 Å². The second kappa shape index (κ2) is 6.26. The Morgan fingerprint density at radius 1 is 1.25 bits per heavy atom. The van der Waals surface area contributed by atoms with E-state index in [9.17, 15) is 0 Å². The van der Waals surface area contributed by atoms with Gasteiger partial charge in [-0.25, -0.2) is 0 Å². The summed E-state index contributed by atoms with van der Waals surface area (Å²) in [6, 6.07) is -0.531.